The Morgan fingerprint density at radius 3 is 2.45 bits per heavy atom. The summed E-state index contributed by atoms with van der Waals surface area (Å²) in [6.07, 6.45) is 0. The average Bonchev–Trinajstić information content (AvgIpc) is 2.69. The van der Waals surface area contributed by atoms with Crippen LogP contribution in [-0.2, 0) is 11.3 Å². The van der Waals surface area contributed by atoms with Crippen molar-refractivity contribution in [3.8, 4) is 17.9 Å². The molecule has 29 heavy (non-hydrogen) atoms. The van der Waals surface area contributed by atoms with Crippen LogP contribution in [0, 0.1) is 48.1 Å². The summed E-state index contributed by atoms with van der Waals surface area (Å²) in [5.41, 5.74) is -1.02. The van der Waals surface area contributed by atoms with E-state index in [4.69, 9.17) is 5.26 Å². The number of benzene rings is 2. The van der Waals surface area contributed by atoms with Gasteiger partial charge in [-0.2, -0.15) is 10.5 Å². The molecule has 0 aromatic heterocycles. The minimum Gasteiger partial charge on any atom is -0.506 e. The van der Waals surface area contributed by atoms with Gasteiger partial charge in [0.15, 0.2) is 5.57 Å². The molecule has 0 aliphatic carbocycles. The maximum Gasteiger partial charge on any atom is 0.268 e. The molecule has 0 saturated carbocycles. The number of aryl methyl sites for hydroxylation is 1. The number of nitriles is 2. The smallest absolute Gasteiger partial charge is 0.268 e. The van der Waals surface area contributed by atoms with Crippen molar-refractivity contribution in [1.82, 2.24) is 4.90 Å². The molecule has 8 heteroatoms. The topological polar surface area (TPSA) is 108 Å². The molecule has 2 N–H and O–H groups in total. The predicted octanol–water partition coefficient (Wildman–Crippen LogP) is 3.61. The largest absolute Gasteiger partial charge is 0.506 e. The molecule has 0 radical (unpaired) electrons. The Kier molecular flexibility index (Phi) is 6.20. The summed E-state index contributed by atoms with van der Waals surface area (Å²) in [5, 5.41) is 38.5. The second kappa shape index (κ2) is 8.41. The van der Waals surface area contributed by atoms with Crippen LogP contribution in [0.5, 0.6) is 5.75 Å². The Balaban J connectivity index is 2.49. The molecule has 0 aliphatic heterocycles. The SMILES string of the molecule is Cc1ccc(F)c(CN(C)C(=O)/C(C#N)=C(\O)c2cc(C#N)c(O)c(C)c2F)c1. The van der Waals surface area contributed by atoms with E-state index in [-0.39, 0.29) is 23.2 Å². The zero-order valence-corrected chi connectivity index (χ0v) is 15.9. The van der Waals surface area contributed by atoms with Gasteiger partial charge in [-0.25, -0.2) is 8.78 Å². The molecule has 0 saturated heterocycles. The molecule has 0 heterocycles. The van der Waals surface area contributed by atoms with Gasteiger partial charge in [-0.15, -0.1) is 0 Å². The number of aliphatic hydroxyl groups excluding tert-OH is 1. The monoisotopic (exact) mass is 397 g/mol. The van der Waals surface area contributed by atoms with Crippen LogP contribution in [0.1, 0.15) is 27.8 Å². The van der Waals surface area contributed by atoms with Gasteiger partial charge in [-0.3, -0.25) is 4.79 Å². The number of carbonyl (C=O) groups excluding carboxylic acids is 1. The number of nitrogens with zero attached hydrogens (tertiary/aromatic N) is 3. The molecule has 1 amide bonds. The van der Waals surface area contributed by atoms with Crippen molar-refractivity contribution in [2.24, 2.45) is 0 Å². The fourth-order valence-corrected chi connectivity index (χ4v) is 2.72. The number of rotatable bonds is 4. The van der Waals surface area contributed by atoms with Crippen LogP contribution in [0.15, 0.2) is 29.8 Å². The maximum atomic E-state index is 14.5. The van der Waals surface area contributed by atoms with E-state index in [1.54, 1.807) is 19.1 Å². The van der Waals surface area contributed by atoms with E-state index in [2.05, 4.69) is 0 Å². The Morgan fingerprint density at radius 2 is 1.86 bits per heavy atom. The lowest BCUT2D eigenvalue weighted by Gasteiger charge is -2.18. The van der Waals surface area contributed by atoms with Crippen LogP contribution in [0.4, 0.5) is 8.78 Å². The minimum absolute atomic E-state index is 0.189. The van der Waals surface area contributed by atoms with Gasteiger partial charge in [-0.1, -0.05) is 17.7 Å². The highest BCUT2D eigenvalue weighted by atomic mass is 19.1. The van der Waals surface area contributed by atoms with E-state index in [1.165, 1.54) is 32.2 Å². The zero-order valence-electron chi connectivity index (χ0n) is 15.9. The first-order valence-electron chi connectivity index (χ1n) is 8.38. The third kappa shape index (κ3) is 4.17. The molecular formula is C21H17F2N3O3. The van der Waals surface area contributed by atoms with Crippen LogP contribution in [0.2, 0.25) is 0 Å². The first-order chi connectivity index (χ1) is 13.6. The highest BCUT2D eigenvalue weighted by Crippen LogP contribution is 2.31. The predicted molar refractivity (Wildman–Crippen MR) is 100 cm³/mol. The van der Waals surface area contributed by atoms with Gasteiger partial charge in [-0.05, 0) is 26.0 Å². The summed E-state index contributed by atoms with van der Waals surface area (Å²) >= 11 is 0. The zero-order chi connectivity index (χ0) is 21.9. The molecule has 0 aliphatic rings. The molecule has 0 fully saturated rings. The molecule has 0 bridgehead atoms. The van der Waals surface area contributed by atoms with Gasteiger partial charge in [0.25, 0.3) is 5.91 Å². The number of halogens is 2. The number of phenolic OH excluding ortho intramolecular Hbond substituents is 1. The van der Waals surface area contributed by atoms with Gasteiger partial charge < -0.3 is 15.1 Å². The number of hydrogen-bond acceptors (Lipinski definition) is 5. The number of phenols is 1. The fraction of sp³-hybridized carbons (Fsp3) is 0.190. The quantitative estimate of drug-likeness (QED) is 0.465. The summed E-state index contributed by atoms with van der Waals surface area (Å²) in [4.78, 5) is 13.6. The Morgan fingerprint density at radius 1 is 1.21 bits per heavy atom. The Bertz CT molecular complexity index is 1110. The first kappa shape index (κ1) is 21.4. The number of amides is 1. The molecule has 2 aromatic carbocycles. The highest BCUT2D eigenvalue weighted by Gasteiger charge is 2.25. The van der Waals surface area contributed by atoms with Crippen molar-refractivity contribution in [3.05, 3.63) is 69.3 Å². The normalized spacial score (nSPS) is 11.3. The number of hydrogen-bond donors (Lipinski definition) is 2. The maximum absolute atomic E-state index is 14.5. The number of carbonyl (C=O) groups is 1. The Hall–Kier alpha value is -3.91. The molecule has 148 valence electrons. The second-order valence-corrected chi connectivity index (χ2v) is 6.46. The summed E-state index contributed by atoms with van der Waals surface area (Å²) < 4.78 is 28.4. The molecule has 0 spiro atoms. The van der Waals surface area contributed by atoms with E-state index in [0.29, 0.717) is 0 Å². The number of aromatic hydroxyl groups is 1. The van der Waals surface area contributed by atoms with E-state index in [0.717, 1.165) is 16.5 Å². The standard InChI is InChI=1S/C21H17F2N3O3/c1-11-4-5-17(22)14(6-11)10-26(3)21(29)16(9-25)20(28)15-7-13(8-24)19(27)12(2)18(15)23/h4-7,27-28H,10H2,1-3H3/b20-16-. The second-order valence-electron chi connectivity index (χ2n) is 6.46. The van der Waals surface area contributed by atoms with Gasteiger partial charge in [0, 0.05) is 24.7 Å². The van der Waals surface area contributed by atoms with E-state index in [9.17, 15) is 29.1 Å². The molecule has 6 nitrogen and oxygen atoms in total. The van der Waals surface area contributed by atoms with Crippen LogP contribution in [0.3, 0.4) is 0 Å². The van der Waals surface area contributed by atoms with Crippen LogP contribution >= 0.6 is 0 Å². The average molecular weight is 397 g/mol. The van der Waals surface area contributed by atoms with Crippen molar-refractivity contribution < 1.29 is 23.8 Å². The lowest BCUT2D eigenvalue weighted by Crippen LogP contribution is -2.28. The van der Waals surface area contributed by atoms with Crippen molar-refractivity contribution in [1.29, 1.82) is 10.5 Å². The third-order valence-electron chi connectivity index (χ3n) is 4.36. The first-order valence-corrected chi connectivity index (χ1v) is 8.38. The van der Waals surface area contributed by atoms with E-state index in [1.807, 2.05) is 0 Å². The summed E-state index contributed by atoms with van der Waals surface area (Å²) in [7, 11) is 1.30. The summed E-state index contributed by atoms with van der Waals surface area (Å²) in [5.74, 6) is -4.16. The fourth-order valence-electron chi connectivity index (χ4n) is 2.72. The molecule has 2 aromatic rings. The highest BCUT2D eigenvalue weighted by molar-refractivity contribution is 6.03. The van der Waals surface area contributed by atoms with Crippen LogP contribution in [-0.4, -0.2) is 28.1 Å². The van der Waals surface area contributed by atoms with Crippen molar-refractivity contribution in [2.45, 2.75) is 20.4 Å². The van der Waals surface area contributed by atoms with E-state index >= 15 is 0 Å². The van der Waals surface area contributed by atoms with E-state index < -0.39 is 40.2 Å². The van der Waals surface area contributed by atoms with Gasteiger partial charge in [0.05, 0.1) is 11.1 Å². The molecular weight excluding hydrogens is 380 g/mol. The molecule has 0 atom stereocenters. The third-order valence-corrected chi connectivity index (χ3v) is 4.36. The van der Waals surface area contributed by atoms with Crippen molar-refractivity contribution in [2.75, 3.05) is 7.05 Å². The lowest BCUT2D eigenvalue weighted by molar-refractivity contribution is -0.126. The van der Waals surface area contributed by atoms with Gasteiger partial charge in [0.1, 0.15) is 35.3 Å². The number of aliphatic hydroxyl groups is 1. The molecule has 2 rings (SSSR count). The van der Waals surface area contributed by atoms with Gasteiger partial charge >= 0.3 is 0 Å². The number of likely N-dealkylation sites (N-methyl/N-ethyl adjacent to an activating group) is 1. The van der Waals surface area contributed by atoms with Crippen LogP contribution in [0.25, 0.3) is 5.76 Å². The molecule has 0 unspecified atom stereocenters. The van der Waals surface area contributed by atoms with Crippen LogP contribution < -0.4 is 0 Å². The Labute approximate surface area is 166 Å². The summed E-state index contributed by atoms with van der Waals surface area (Å²) in [6, 6.07) is 8.36. The summed E-state index contributed by atoms with van der Waals surface area (Å²) in [6.45, 7) is 2.74. The van der Waals surface area contributed by atoms with Crippen molar-refractivity contribution >= 4 is 11.7 Å². The van der Waals surface area contributed by atoms with Gasteiger partial charge in [0.2, 0.25) is 0 Å². The lowest BCUT2D eigenvalue weighted by atomic mass is 10.0. The minimum atomic E-state index is -1.08. The van der Waals surface area contributed by atoms with Crippen molar-refractivity contribution in [3.63, 3.8) is 0 Å².